The second kappa shape index (κ2) is 5.03. The molecule has 2 unspecified atom stereocenters. The third-order valence-electron chi connectivity index (χ3n) is 2.51. The van der Waals surface area contributed by atoms with Gasteiger partial charge in [-0.2, -0.15) is 0 Å². The number of halogens is 6. The lowest BCUT2D eigenvalue weighted by atomic mass is 10.3. The average Bonchev–Trinajstić information content (AvgIpc) is 2.25. The van der Waals surface area contributed by atoms with Crippen molar-refractivity contribution in [3.63, 3.8) is 0 Å². The fourth-order valence-corrected chi connectivity index (χ4v) is 3.00. The molecule has 0 amide bonds. The van der Waals surface area contributed by atoms with Gasteiger partial charge in [-0.1, -0.05) is 13.8 Å². The van der Waals surface area contributed by atoms with E-state index in [4.69, 9.17) is 0 Å². The first-order chi connectivity index (χ1) is 7.51. The third-order valence-corrected chi connectivity index (χ3v) is 5.23. The normalized spacial score (nSPS) is 20.4. The van der Waals surface area contributed by atoms with E-state index >= 15 is 0 Å². The number of alkyl halides is 6. The van der Waals surface area contributed by atoms with E-state index in [1.54, 1.807) is 0 Å². The van der Waals surface area contributed by atoms with Gasteiger partial charge in [-0.05, 0) is 12.8 Å². The van der Waals surface area contributed by atoms with Crippen molar-refractivity contribution in [3.8, 4) is 0 Å². The summed E-state index contributed by atoms with van der Waals surface area (Å²) in [6.07, 6.45) is -10.8. The van der Waals surface area contributed by atoms with Gasteiger partial charge in [0.05, 0.1) is 0 Å². The minimum atomic E-state index is -5.99. The first-order valence-electron chi connectivity index (χ1n) is 4.69. The Hall–Kier alpha value is -0.470. The van der Waals surface area contributed by atoms with Crippen molar-refractivity contribution in [3.05, 3.63) is 0 Å². The highest BCUT2D eigenvalue weighted by atomic mass is 32.2. The molecule has 0 N–H and O–H groups in total. The van der Waals surface area contributed by atoms with Crippen LogP contribution in [0.15, 0.2) is 0 Å². The Morgan fingerprint density at radius 1 is 0.882 bits per heavy atom. The molecule has 0 saturated carbocycles. The molecular formula is C8H12F6O2S. The van der Waals surface area contributed by atoms with Crippen molar-refractivity contribution >= 4 is 9.84 Å². The van der Waals surface area contributed by atoms with Gasteiger partial charge in [-0.15, -0.1) is 0 Å². The lowest BCUT2D eigenvalue weighted by molar-refractivity contribution is -0.00965. The predicted octanol–water partition coefficient (Wildman–Crippen LogP) is 3.08. The summed E-state index contributed by atoms with van der Waals surface area (Å²) >= 11 is 0. The van der Waals surface area contributed by atoms with E-state index in [0.29, 0.717) is 13.8 Å². The Bertz CT molecular complexity index is 329. The molecule has 0 heterocycles. The van der Waals surface area contributed by atoms with Crippen LogP contribution < -0.4 is 0 Å². The molecule has 0 aliphatic carbocycles. The Labute approximate surface area is 94.9 Å². The Morgan fingerprint density at radius 2 is 1.12 bits per heavy atom. The smallest absolute Gasteiger partial charge is 0.222 e. The van der Waals surface area contributed by atoms with Crippen LogP contribution in [-0.2, 0) is 9.84 Å². The number of rotatable bonds is 6. The van der Waals surface area contributed by atoms with Crippen LogP contribution in [-0.4, -0.2) is 31.3 Å². The maximum absolute atomic E-state index is 13.6. The van der Waals surface area contributed by atoms with E-state index in [2.05, 4.69) is 0 Å². The molecule has 0 radical (unpaired) electrons. The SMILES string of the molecule is CCC(F)(C(F)F)S(=O)(=O)C(F)(CC)C(F)F. The summed E-state index contributed by atoms with van der Waals surface area (Å²) in [5.41, 5.74) is 0. The number of hydrogen-bond donors (Lipinski definition) is 0. The van der Waals surface area contributed by atoms with Crippen molar-refractivity contribution in [1.29, 1.82) is 0 Å². The van der Waals surface area contributed by atoms with Crippen LogP contribution in [0.2, 0.25) is 0 Å². The zero-order chi connectivity index (χ0) is 14.1. The predicted molar refractivity (Wildman–Crippen MR) is 49.2 cm³/mol. The number of hydrogen-bond acceptors (Lipinski definition) is 2. The molecule has 2 atom stereocenters. The summed E-state index contributed by atoms with van der Waals surface area (Å²) in [5.74, 6) is 0. The van der Waals surface area contributed by atoms with E-state index in [1.165, 1.54) is 0 Å². The average molecular weight is 286 g/mol. The van der Waals surface area contributed by atoms with Crippen molar-refractivity contribution in [2.75, 3.05) is 0 Å². The summed E-state index contributed by atoms with van der Waals surface area (Å²) in [6, 6.07) is 0. The highest BCUT2D eigenvalue weighted by Crippen LogP contribution is 2.43. The minimum Gasteiger partial charge on any atom is -0.222 e. The monoisotopic (exact) mass is 286 g/mol. The second-order valence-electron chi connectivity index (χ2n) is 3.38. The summed E-state index contributed by atoms with van der Waals surface area (Å²) in [4.78, 5) is 0. The van der Waals surface area contributed by atoms with Crippen LogP contribution >= 0.6 is 0 Å². The summed E-state index contributed by atoms with van der Waals surface area (Å²) in [7, 11) is -5.99. The van der Waals surface area contributed by atoms with Gasteiger partial charge in [0.1, 0.15) is 0 Å². The second-order valence-corrected chi connectivity index (χ2v) is 5.75. The van der Waals surface area contributed by atoms with E-state index in [9.17, 15) is 34.8 Å². The van der Waals surface area contributed by atoms with E-state index < -0.39 is 45.5 Å². The fourth-order valence-electron chi connectivity index (χ4n) is 1.21. The van der Waals surface area contributed by atoms with Crippen LogP contribution in [0.5, 0.6) is 0 Å². The molecule has 0 aliphatic heterocycles. The highest BCUT2D eigenvalue weighted by molar-refractivity contribution is 7.93. The van der Waals surface area contributed by atoms with Crippen LogP contribution in [0.1, 0.15) is 26.7 Å². The molecule has 104 valence electrons. The van der Waals surface area contributed by atoms with Crippen molar-refractivity contribution < 1.29 is 34.8 Å². The summed E-state index contributed by atoms with van der Waals surface area (Å²) in [6.45, 7) is 1.43. The molecule has 0 aromatic carbocycles. The zero-order valence-corrected chi connectivity index (χ0v) is 9.88. The molecule has 2 nitrogen and oxygen atoms in total. The third kappa shape index (κ3) is 2.25. The quantitative estimate of drug-likeness (QED) is 0.703. The molecule has 0 aliphatic rings. The number of sulfone groups is 1. The molecule has 0 aromatic heterocycles. The van der Waals surface area contributed by atoms with Gasteiger partial charge in [0.2, 0.25) is 9.84 Å². The lowest BCUT2D eigenvalue weighted by Gasteiger charge is -2.31. The Morgan fingerprint density at radius 3 is 1.24 bits per heavy atom. The summed E-state index contributed by atoms with van der Waals surface area (Å²) < 4.78 is 99.1. The topological polar surface area (TPSA) is 34.1 Å². The Kier molecular flexibility index (Phi) is 4.89. The van der Waals surface area contributed by atoms with Crippen LogP contribution in [0.25, 0.3) is 0 Å². The minimum absolute atomic E-state index is 0.714. The van der Waals surface area contributed by atoms with Crippen LogP contribution in [0, 0.1) is 0 Å². The zero-order valence-electron chi connectivity index (χ0n) is 9.06. The van der Waals surface area contributed by atoms with Gasteiger partial charge in [-0.3, -0.25) is 0 Å². The first-order valence-corrected chi connectivity index (χ1v) is 6.17. The molecule has 0 bridgehead atoms. The van der Waals surface area contributed by atoms with Crippen molar-refractivity contribution in [2.24, 2.45) is 0 Å². The molecule has 0 spiro atoms. The van der Waals surface area contributed by atoms with E-state index in [-0.39, 0.29) is 0 Å². The maximum Gasteiger partial charge on any atom is 0.286 e. The van der Waals surface area contributed by atoms with Gasteiger partial charge < -0.3 is 0 Å². The lowest BCUT2D eigenvalue weighted by Crippen LogP contribution is -2.54. The van der Waals surface area contributed by atoms with Crippen LogP contribution in [0.4, 0.5) is 26.3 Å². The maximum atomic E-state index is 13.6. The standard InChI is InChI=1S/C8H12F6O2S/c1-3-7(13,5(9)10)17(15,16)8(14,4-2)6(11)12/h5-6H,3-4H2,1-2H3. The highest BCUT2D eigenvalue weighted by Gasteiger charge is 2.65. The van der Waals surface area contributed by atoms with Gasteiger partial charge in [0.15, 0.2) is 0 Å². The molecule has 0 aromatic rings. The van der Waals surface area contributed by atoms with E-state index in [0.717, 1.165) is 0 Å². The summed E-state index contributed by atoms with van der Waals surface area (Å²) in [5, 5.41) is -8.62. The molecule has 9 heteroatoms. The first kappa shape index (κ1) is 16.5. The fraction of sp³-hybridized carbons (Fsp3) is 1.00. The van der Waals surface area contributed by atoms with Gasteiger partial charge in [0, 0.05) is 0 Å². The molecule has 0 rings (SSSR count). The van der Waals surface area contributed by atoms with Gasteiger partial charge in [0.25, 0.3) is 22.9 Å². The molecule has 0 fully saturated rings. The molecule has 17 heavy (non-hydrogen) atoms. The van der Waals surface area contributed by atoms with Crippen LogP contribution in [0.3, 0.4) is 0 Å². The van der Waals surface area contributed by atoms with E-state index in [1.807, 2.05) is 0 Å². The van der Waals surface area contributed by atoms with Crippen molar-refractivity contribution in [1.82, 2.24) is 0 Å². The van der Waals surface area contributed by atoms with Gasteiger partial charge >= 0.3 is 0 Å². The molecular weight excluding hydrogens is 274 g/mol. The van der Waals surface area contributed by atoms with Crippen molar-refractivity contribution in [2.45, 2.75) is 49.5 Å². The largest absolute Gasteiger partial charge is 0.286 e. The Balaban J connectivity index is 5.85. The molecule has 0 saturated heterocycles. The van der Waals surface area contributed by atoms with Gasteiger partial charge in [-0.25, -0.2) is 34.8 Å².